The molecular formula is C22H23Cl2N5O. The lowest BCUT2D eigenvalue weighted by Gasteiger charge is -2.35. The average molecular weight is 444 g/mol. The first-order chi connectivity index (χ1) is 14.5. The largest absolute Gasteiger partial charge is 0.354 e. The number of anilines is 1. The van der Waals surface area contributed by atoms with Gasteiger partial charge in [0.15, 0.2) is 0 Å². The molecule has 30 heavy (non-hydrogen) atoms. The van der Waals surface area contributed by atoms with Crippen LogP contribution in [0.1, 0.15) is 18.2 Å². The molecule has 0 unspecified atom stereocenters. The molecule has 0 saturated carbocycles. The van der Waals surface area contributed by atoms with Gasteiger partial charge in [0, 0.05) is 56.2 Å². The fourth-order valence-corrected chi connectivity index (χ4v) is 3.97. The Bertz CT molecular complexity index is 1080. The van der Waals surface area contributed by atoms with Crippen LogP contribution >= 0.6 is 23.2 Å². The number of hydrogen-bond donors (Lipinski definition) is 1. The SMILES string of the molecule is CCc1cc(=O)[nH]c(-c2ccc(N3CCN(Cc4cccc(Cl)c4Cl)CC3)nc2)n1. The van der Waals surface area contributed by atoms with Gasteiger partial charge in [-0.15, -0.1) is 0 Å². The van der Waals surface area contributed by atoms with Gasteiger partial charge in [-0.25, -0.2) is 9.97 Å². The fraction of sp³-hybridized carbons (Fsp3) is 0.318. The highest BCUT2D eigenvalue weighted by molar-refractivity contribution is 6.42. The number of nitrogens with one attached hydrogen (secondary N) is 1. The normalized spacial score (nSPS) is 14.8. The van der Waals surface area contributed by atoms with Crippen molar-refractivity contribution in [2.45, 2.75) is 19.9 Å². The van der Waals surface area contributed by atoms with E-state index in [0.717, 1.165) is 55.4 Å². The molecule has 1 aliphatic heterocycles. The summed E-state index contributed by atoms with van der Waals surface area (Å²) < 4.78 is 0. The first kappa shape index (κ1) is 20.8. The molecule has 0 amide bonds. The number of aromatic nitrogens is 3. The second kappa shape index (κ2) is 9.16. The van der Waals surface area contributed by atoms with Crippen molar-refractivity contribution in [3.05, 3.63) is 74.3 Å². The third kappa shape index (κ3) is 4.67. The van der Waals surface area contributed by atoms with Crippen molar-refractivity contribution >= 4 is 29.0 Å². The van der Waals surface area contributed by atoms with E-state index in [1.807, 2.05) is 37.3 Å². The van der Waals surface area contributed by atoms with Gasteiger partial charge in [-0.3, -0.25) is 9.69 Å². The summed E-state index contributed by atoms with van der Waals surface area (Å²) in [5.41, 5.74) is 2.49. The van der Waals surface area contributed by atoms with Crippen LogP contribution in [-0.4, -0.2) is 46.0 Å². The zero-order valence-corrected chi connectivity index (χ0v) is 18.2. The van der Waals surface area contributed by atoms with Crippen LogP contribution in [0.2, 0.25) is 10.0 Å². The summed E-state index contributed by atoms with van der Waals surface area (Å²) in [6.45, 7) is 6.36. The van der Waals surface area contributed by atoms with Crippen LogP contribution in [-0.2, 0) is 13.0 Å². The van der Waals surface area contributed by atoms with Crippen LogP contribution in [0.15, 0.2) is 47.4 Å². The molecule has 1 aliphatic rings. The molecule has 0 radical (unpaired) electrons. The Hall–Kier alpha value is -2.41. The molecule has 1 aromatic carbocycles. The van der Waals surface area contributed by atoms with Gasteiger partial charge in [0.25, 0.3) is 5.56 Å². The number of piperazine rings is 1. The topological polar surface area (TPSA) is 65.1 Å². The zero-order valence-electron chi connectivity index (χ0n) is 16.7. The highest BCUT2D eigenvalue weighted by Crippen LogP contribution is 2.27. The second-order valence-electron chi connectivity index (χ2n) is 7.32. The number of hydrogen-bond acceptors (Lipinski definition) is 5. The second-order valence-corrected chi connectivity index (χ2v) is 8.11. The Morgan fingerprint density at radius 3 is 2.60 bits per heavy atom. The first-order valence-electron chi connectivity index (χ1n) is 10.0. The molecule has 1 saturated heterocycles. The van der Waals surface area contributed by atoms with Gasteiger partial charge >= 0.3 is 0 Å². The monoisotopic (exact) mass is 443 g/mol. The van der Waals surface area contributed by atoms with E-state index in [1.54, 1.807) is 6.20 Å². The summed E-state index contributed by atoms with van der Waals surface area (Å²) in [5.74, 6) is 1.48. The first-order valence-corrected chi connectivity index (χ1v) is 10.8. The molecule has 2 aromatic heterocycles. The quantitative estimate of drug-likeness (QED) is 0.644. The molecule has 8 heteroatoms. The van der Waals surface area contributed by atoms with Gasteiger partial charge in [-0.05, 0) is 30.2 Å². The van der Waals surface area contributed by atoms with Gasteiger partial charge in [-0.1, -0.05) is 42.3 Å². The number of benzene rings is 1. The van der Waals surface area contributed by atoms with Crippen LogP contribution in [0.5, 0.6) is 0 Å². The van der Waals surface area contributed by atoms with Crippen LogP contribution in [0.4, 0.5) is 5.82 Å². The molecule has 4 rings (SSSR count). The predicted octanol–water partition coefficient (Wildman–Crippen LogP) is 4.02. The molecule has 0 aliphatic carbocycles. The van der Waals surface area contributed by atoms with E-state index in [-0.39, 0.29) is 5.56 Å². The number of aromatic amines is 1. The van der Waals surface area contributed by atoms with Crippen LogP contribution in [0, 0.1) is 0 Å². The van der Waals surface area contributed by atoms with Crippen molar-refractivity contribution < 1.29 is 0 Å². The molecule has 6 nitrogen and oxygen atoms in total. The molecule has 1 N–H and O–H groups in total. The van der Waals surface area contributed by atoms with Crippen molar-refractivity contribution in [2.24, 2.45) is 0 Å². The summed E-state index contributed by atoms with van der Waals surface area (Å²) in [7, 11) is 0. The van der Waals surface area contributed by atoms with Gasteiger partial charge in [0.2, 0.25) is 0 Å². The summed E-state index contributed by atoms with van der Waals surface area (Å²) >= 11 is 12.5. The van der Waals surface area contributed by atoms with E-state index in [9.17, 15) is 4.79 Å². The molecule has 3 aromatic rings. The maximum absolute atomic E-state index is 11.8. The molecule has 3 heterocycles. The maximum atomic E-state index is 11.8. The van der Waals surface area contributed by atoms with Crippen molar-refractivity contribution in [2.75, 3.05) is 31.1 Å². The highest BCUT2D eigenvalue weighted by Gasteiger charge is 2.19. The number of rotatable bonds is 5. The third-order valence-electron chi connectivity index (χ3n) is 5.30. The van der Waals surface area contributed by atoms with Gasteiger partial charge < -0.3 is 9.88 Å². The molecule has 1 fully saturated rings. The lowest BCUT2D eigenvalue weighted by molar-refractivity contribution is 0.249. The van der Waals surface area contributed by atoms with Crippen LogP contribution < -0.4 is 10.5 Å². The standard InChI is InChI=1S/C22H23Cl2N5O/c1-2-17-12-20(30)27-22(26-17)15-6-7-19(25-13-15)29-10-8-28(9-11-29)14-16-4-3-5-18(23)21(16)24/h3-7,12-13H,2,8-11,14H2,1H3,(H,26,27,30). The van der Waals surface area contributed by atoms with E-state index in [1.165, 1.54) is 6.07 Å². The highest BCUT2D eigenvalue weighted by atomic mass is 35.5. The lowest BCUT2D eigenvalue weighted by Crippen LogP contribution is -2.46. The van der Waals surface area contributed by atoms with Gasteiger partial charge in [-0.2, -0.15) is 0 Å². The van der Waals surface area contributed by atoms with E-state index < -0.39 is 0 Å². The Kier molecular flexibility index (Phi) is 6.37. The minimum absolute atomic E-state index is 0.142. The fourth-order valence-electron chi connectivity index (χ4n) is 3.59. The smallest absolute Gasteiger partial charge is 0.251 e. The van der Waals surface area contributed by atoms with E-state index in [4.69, 9.17) is 23.2 Å². The minimum atomic E-state index is -0.142. The van der Waals surface area contributed by atoms with Crippen molar-refractivity contribution in [1.29, 1.82) is 0 Å². The molecule has 0 spiro atoms. The summed E-state index contributed by atoms with van der Waals surface area (Å²) in [6.07, 6.45) is 2.48. The van der Waals surface area contributed by atoms with Gasteiger partial charge in [0.05, 0.1) is 10.0 Å². The molecular weight excluding hydrogens is 421 g/mol. The molecule has 0 atom stereocenters. The Morgan fingerprint density at radius 1 is 1.10 bits per heavy atom. The van der Waals surface area contributed by atoms with E-state index in [0.29, 0.717) is 22.3 Å². The van der Waals surface area contributed by atoms with Crippen LogP contribution in [0.3, 0.4) is 0 Å². The minimum Gasteiger partial charge on any atom is -0.354 e. The molecule has 156 valence electrons. The number of aryl methyl sites for hydroxylation is 1. The number of pyridine rings is 1. The zero-order chi connectivity index (χ0) is 21.1. The lowest BCUT2D eigenvalue weighted by atomic mass is 10.2. The van der Waals surface area contributed by atoms with Crippen LogP contribution in [0.25, 0.3) is 11.4 Å². The Morgan fingerprint density at radius 2 is 1.90 bits per heavy atom. The third-order valence-corrected chi connectivity index (χ3v) is 6.16. The van der Waals surface area contributed by atoms with Crippen molar-refractivity contribution in [1.82, 2.24) is 19.9 Å². The summed E-state index contributed by atoms with van der Waals surface area (Å²) in [6, 6.07) is 11.2. The van der Waals surface area contributed by atoms with E-state index >= 15 is 0 Å². The average Bonchev–Trinajstić information content (AvgIpc) is 2.77. The van der Waals surface area contributed by atoms with Crippen molar-refractivity contribution in [3.63, 3.8) is 0 Å². The Labute approximate surface area is 185 Å². The number of H-pyrrole nitrogens is 1. The predicted molar refractivity (Wildman–Crippen MR) is 121 cm³/mol. The molecule has 0 bridgehead atoms. The summed E-state index contributed by atoms with van der Waals surface area (Å²) in [5, 5.41) is 1.23. The summed E-state index contributed by atoms with van der Waals surface area (Å²) in [4.78, 5) is 28.3. The van der Waals surface area contributed by atoms with Crippen molar-refractivity contribution in [3.8, 4) is 11.4 Å². The van der Waals surface area contributed by atoms with E-state index in [2.05, 4.69) is 24.8 Å². The Balaban J connectivity index is 1.40. The number of nitrogens with zero attached hydrogens (tertiary/aromatic N) is 4. The maximum Gasteiger partial charge on any atom is 0.251 e. The van der Waals surface area contributed by atoms with Gasteiger partial charge in [0.1, 0.15) is 11.6 Å². The number of halogens is 2.